The lowest BCUT2D eigenvalue weighted by Gasteiger charge is -2.17. The van der Waals surface area contributed by atoms with Crippen LogP contribution >= 0.6 is 11.3 Å². The summed E-state index contributed by atoms with van der Waals surface area (Å²) in [5.74, 6) is -1.05. The van der Waals surface area contributed by atoms with Crippen molar-refractivity contribution in [3.63, 3.8) is 0 Å². The molecular weight excluding hydrogens is 384 g/mol. The minimum atomic E-state index is -0.470. The highest BCUT2D eigenvalue weighted by Gasteiger charge is 2.25. The van der Waals surface area contributed by atoms with E-state index in [0.29, 0.717) is 28.7 Å². The Hall–Kier alpha value is -2.99. The van der Waals surface area contributed by atoms with Crippen molar-refractivity contribution in [1.29, 1.82) is 0 Å². The van der Waals surface area contributed by atoms with Gasteiger partial charge in [0.2, 0.25) is 5.91 Å². The fourth-order valence-electron chi connectivity index (χ4n) is 3.13. The van der Waals surface area contributed by atoms with E-state index in [4.69, 9.17) is 4.74 Å². The molecule has 1 heterocycles. The van der Waals surface area contributed by atoms with Crippen LogP contribution in [0.5, 0.6) is 0 Å². The third-order valence-electron chi connectivity index (χ3n) is 4.40. The third-order valence-corrected chi connectivity index (χ3v) is 5.40. The van der Waals surface area contributed by atoms with Crippen LogP contribution in [0.3, 0.4) is 0 Å². The maximum absolute atomic E-state index is 13.2. The van der Waals surface area contributed by atoms with Crippen molar-refractivity contribution >= 4 is 28.3 Å². The molecule has 0 saturated carbocycles. The van der Waals surface area contributed by atoms with Gasteiger partial charge in [0.1, 0.15) is 4.88 Å². The number of carbonyl (C=O) groups excluding carboxylic acids is 2. The highest BCUT2D eigenvalue weighted by Crippen LogP contribution is 2.29. The van der Waals surface area contributed by atoms with E-state index in [9.17, 15) is 9.59 Å². The number of rotatable bonds is 8. The molecule has 0 aliphatic carbocycles. The molecule has 1 amide bonds. The molecule has 5 nitrogen and oxygen atoms in total. The van der Waals surface area contributed by atoms with Gasteiger partial charge in [0.05, 0.1) is 18.2 Å². The molecule has 0 aliphatic heterocycles. The Bertz CT molecular complexity index is 915. The highest BCUT2D eigenvalue weighted by atomic mass is 32.1. The Morgan fingerprint density at radius 3 is 2.10 bits per heavy atom. The molecule has 1 N–H and O–H groups in total. The molecule has 1 aromatic heterocycles. The van der Waals surface area contributed by atoms with Gasteiger partial charge in [-0.05, 0) is 24.5 Å². The Kier molecular flexibility index (Phi) is 7.14. The number of hydrogen-bond acceptors (Lipinski definition) is 5. The number of hydrogen-bond donors (Lipinski definition) is 1. The number of ether oxygens (including phenoxy) is 1. The molecule has 6 heteroatoms. The van der Waals surface area contributed by atoms with Gasteiger partial charge < -0.3 is 10.1 Å². The predicted molar refractivity (Wildman–Crippen MR) is 115 cm³/mol. The van der Waals surface area contributed by atoms with Crippen LogP contribution in [0.15, 0.2) is 60.7 Å². The summed E-state index contributed by atoms with van der Waals surface area (Å²) in [5, 5.41) is 3.33. The van der Waals surface area contributed by atoms with E-state index in [1.807, 2.05) is 67.6 Å². The minimum Gasteiger partial charge on any atom is -0.462 e. The van der Waals surface area contributed by atoms with Crippen LogP contribution in [-0.2, 0) is 16.0 Å². The smallest absolute Gasteiger partial charge is 0.350 e. The summed E-state index contributed by atoms with van der Waals surface area (Å²) in [6.45, 7) is 4.09. The summed E-state index contributed by atoms with van der Waals surface area (Å²) in [6.07, 6.45) is 1.50. The molecule has 0 bridgehead atoms. The van der Waals surface area contributed by atoms with Gasteiger partial charge in [-0.3, -0.25) is 4.79 Å². The molecule has 3 rings (SSSR count). The average molecular weight is 409 g/mol. The lowest BCUT2D eigenvalue weighted by atomic mass is 9.90. The number of thiazole rings is 1. The maximum atomic E-state index is 13.2. The van der Waals surface area contributed by atoms with Crippen LogP contribution in [0.2, 0.25) is 0 Å². The van der Waals surface area contributed by atoms with Crippen molar-refractivity contribution in [3.8, 4) is 0 Å². The van der Waals surface area contributed by atoms with Gasteiger partial charge in [0.25, 0.3) is 0 Å². The summed E-state index contributed by atoms with van der Waals surface area (Å²) in [4.78, 5) is 30.4. The highest BCUT2D eigenvalue weighted by molar-refractivity contribution is 7.17. The molecule has 29 heavy (non-hydrogen) atoms. The van der Waals surface area contributed by atoms with E-state index in [2.05, 4.69) is 10.3 Å². The fraction of sp³-hybridized carbons (Fsp3) is 0.261. The predicted octanol–water partition coefficient (Wildman–Crippen LogP) is 5.04. The second-order valence-corrected chi connectivity index (χ2v) is 7.51. The summed E-state index contributed by atoms with van der Waals surface area (Å²) >= 11 is 1.17. The fourth-order valence-corrected chi connectivity index (χ4v) is 4.04. The molecule has 0 radical (unpaired) electrons. The minimum absolute atomic E-state index is 0.186. The summed E-state index contributed by atoms with van der Waals surface area (Å²) < 4.78 is 5.14. The van der Waals surface area contributed by atoms with E-state index < -0.39 is 11.9 Å². The number of nitrogens with one attached hydrogen (secondary N) is 1. The first kappa shape index (κ1) is 20.7. The summed E-state index contributed by atoms with van der Waals surface area (Å²) in [7, 11) is 0. The number of amides is 1. The molecular formula is C23H24N2O3S. The van der Waals surface area contributed by atoms with E-state index in [-0.39, 0.29) is 5.91 Å². The van der Waals surface area contributed by atoms with Gasteiger partial charge >= 0.3 is 5.97 Å². The van der Waals surface area contributed by atoms with Crippen molar-refractivity contribution < 1.29 is 14.3 Å². The van der Waals surface area contributed by atoms with Gasteiger partial charge in [0.15, 0.2) is 5.13 Å². The lowest BCUT2D eigenvalue weighted by Crippen LogP contribution is -2.22. The van der Waals surface area contributed by atoms with Crippen molar-refractivity contribution in [3.05, 3.63) is 82.4 Å². The monoisotopic (exact) mass is 408 g/mol. The zero-order valence-electron chi connectivity index (χ0n) is 16.6. The number of carbonyl (C=O) groups is 2. The molecule has 0 unspecified atom stereocenters. The zero-order valence-corrected chi connectivity index (χ0v) is 17.4. The SMILES string of the molecule is CCCc1nc(NC(=O)C(c2ccccc2)c2ccccc2)sc1C(=O)OCC. The van der Waals surface area contributed by atoms with Crippen molar-refractivity contribution in [2.75, 3.05) is 11.9 Å². The number of nitrogens with zero attached hydrogens (tertiary/aromatic N) is 1. The molecule has 0 aliphatic rings. The van der Waals surface area contributed by atoms with Crippen LogP contribution in [0.4, 0.5) is 5.13 Å². The van der Waals surface area contributed by atoms with E-state index >= 15 is 0 Å². The van der Waals surface area contributed by atoms with Crippen LogP contribution < -0.4 is 5.32 Å². The topological polar surface area (TPSA) is 68.3 Å². The Morgan fingerprint density at radius 2 is 1.59 bits per heavy atom. The van der Waals surface area contributed by atoms with Crippen LogP contribution in [-0.4, -0.2) is 23.5 Å². The number of aryl methyl sites for hydroxylation is 1. The second kappa shape index (κ2) is 9.98. The number of esters is 1. The van der Waals surface area contributed by atoms with Crippen molar-refractivity contribution in [1.82, 2.24) is 4.98 Å². The van der Waals surface area contributed by atoms with Gasteiger partial charge in [-0.2, -0.15) is 0 Å². The summed E-state index contributed by atoms with van der Waals surface area (Å²) in [6, 6.07) is 19.3. The first-order chi connectivity index (χ1) is 14.1. The van der Waals surface area contributed by atoms with Crippen LogP contribution in [0, 0.1) is 0 Å². The molecule has 0 fully saturated rings. The molecule has 3 aromatic rings. The Balaban J connectivity index is 1.90. The average Bonchev–Trinajstić information content (AvgIpc) is 3.12. The molecule has 0 spiro atoms. The van der Waals surface area contributed by atoms with Crippen LogP contribution in [0.1, 0.15) is 52.7 Å². The number of benzene rings is 2. The standard InChI is InChI=1S/C23H24N2O3S/c1-3-11-18-20(22(27)28-4-2)29-23(24-18)25-21(26)19(16-12-7-5-8-13-16)17-14-9-6-10-15-17/h5-10,12-15,19H,3-4,11H2,1-2H3,(H,24,25,26). The molecule has 2 aromatic carbocycles. The lowest BCUT2D eigenvalue weighted by molar-refractivity contribution is -0.116. The molecule has 150 valence electrons. The largest absolute Gasteiger partial charge is 0.462 e. The normalized spacial score (nSPS) is 10.7. The summed E-state index contributed by atoms with van der Waals surface area (Å²) in [5.41, 5.74) is 2.46. The maximum Gasteiger partial charge on any atom is 0.350 e. The quantitative estimate of drug-likeness (QED) is 0.530. The Labute approximate surface area is 174 Å². The zero-order chi connectivity index (χ0) is 20.6. The van der Waals surface area contributed by atoms with E-state index in [1.165, 1.54) is 11.3 Å². The second-order valence-electron chi connectivity index (χ2n) is 6.51. The number of aromatic nitrogens is 1. The van der Waals surface area contributed by atoms with Crippen LogP contribution in [0.25, 0.3) is 0 Å². The van der Waals surface area contributed by atoms with Gasteiger partial charge in [0, 0.05) is 0 Å². The molecule has 0 saturated heterocycles. The van der Waals surface area contributed by atoms with Gasteiger partial charge in [-0.25, -0.2) is 9.78 Å². The van der Waals surface area contributed by atoms with E-state index in [0.717, 1.165) is 17.5 Å². The Morgan fingerprint density at radius 1 is 1.00 bits per heavy atom. The molecule has 0 atom stereocenters. The third kappa shape index (κ3) is 5.09. The van der Waals surface area contributed by atoms with Crippen molar-refractivity contribution in [2.24, 2.45) is 0 Å². The number of anilines is 1. The van der Waals surface area contributed by atoms with Gasteiger partial charge in [-0.1, -0.05) is 85.3 Å². The first-order valence-electron chi connectivity index (χ1n) is 9.71. The van der Waals surface area contributed by atoms with E-state index in [1.54, 1.807) is 6.92 Å². The van der Waals surface area contributed by atoms with Crippen molar-refractivity contribution in [2.45, 2.75) is 32.6 Å². The first-order valence-corrected chi connectivity index (χ1v) is 10.5. The van der Waals surface area contributed by atoms with Gasteiger partial charge in [-0.15, -0.1) is 0 Å².